The molecule has 1 saturated heterocycles. The summed E-state index contributed by atoms with van der Waals surface area (Å²) >= 11 is 0. The lowest BCUT2D eigenvalue weighted by Crippen LogP contribution is -2.26. The van der Waals surface area contributed by atoms with Crippen molar-refractivity contribution in [3.05, 3.63) is 29.8 Å². The molecule has 0 saturated carbocycles. The number of nitrogen functional groups attached to an aromatic ring is 1. The largest absolute Gasteiger partial charge is 0.399 e. The van der Waals surface area contributed by atoms with Gasteiger partial charge in [-0.15, -0.1) is 0 Å². The minimum atomic E-state index is 0.365. The molecular formula is C11H17N3. The number of anilines is 1. The van der Waals surface area contributed by atoms with Crippen molar-refractivity contribution in [3.8, 4) is 0 Å². The Balaban J connectivity index is 1.94. The van der Waals surface area contributed by atoms with E-state index in [1.807, 2.05) is 12.1 Å². The van der Waals surface area contributed by atoms with E-state index >= 15 is 0 Å². The summed E-state index contributed by atoms with van der Waals surface area (Å²) in [4.78, 5) is 2.39. The van der Waals surface area contributed by atoms with Crippen LogP contribution in [0, 0.1) is 0 Å². The lowest BCUT2D eigenvalue weighted by atomic mass is 10.2. The first kappa shape index (κ1) is 9.49. The Labute approximate surface area is 84.7 Å². The predicted molar refractivity (Wildman–Crippen MR) is 58.7 cm³/mol. The SMILES string of the molecule is Nc1ccc(CN2CCC(N)C2)cc1. The monoisotopic (exact) mass is 191 g/mol. The molecule has 3 nitrogen and oxygen atoms in total. The Hall–Kier alpha value is -1.06. The highest BCUT2D eigenvalue weighted by atomic mass is 15.2. The Kier molecular flexibility index (Phi) is 2.70. The molecule has 1 heterocycles. The molecule has 1 atom stereocenters. The van der Waals surface area contributed by atoms with Crippen molar-refractivity contribution in [2.75, 3.05) is 18.8 Å². The average Bonchev–Trinajstić information content (AvgIpc) is 2.56. The summed E-state index contributed by atoms with van der Waals surface area (Å²) in [6.45, 7) is 3.13. The van der Waals surface area contributed by atoms with Crippen molar-refractivity contribution in [2.45, 2.75) is 19.0 Å². The standard InChI is InChI=1S/C11H17N3/c12-10-3-1-9(2-4-10)7-14-6-5-11(13)8-14/h1-4,11H,5-8,12-13H2. The zero-order valence-electron chi connectivity index (χ0n) is 8.32. The van der Waals surface area contributed by atoms with E-state index in [9.17, 15) is 0 Å². The fourth-order valence-electron chi connectivity index (χ4n) is 1.89. The molecule has 0 aromatic heterocycles. The van der Waals surface area contributed by atoms with E-state index in [1.165, 1.54) is 5.56 Å². The van der Waals surface area contributed by atoms with Gasteiger partial charge >= 0.3 is 0 Å². The molecule has 1 aliphatic heterocycles. The van der Waals surface area contributed by atoms with E-state index in [2.05, 4.69) is 17.0 Å². The maximum Gasteiger partial charge on any atom is 0.0314 e. The van der Waals surface area contributed by atoms with Crippen molar-refractivity contribution >= 4 is 5.69 Å². The summed E-state index contributed by atoms with van der Waals surface area (Å²) in [5.74, 6) is 0. The molecule has 0 aliphatic carbocycles. The Bertz CT molecular complexity index is 294. The molecule has 0 radical (unpaired) electrons. The van der Waals surface area contributed by atoms with Gasteiger partial charge in [-0.1, -0.05) is 12.1 Å². The second kappa shape index (κ2) is 3.98. The summed E-state index contributed by atoms with van der Waals surface area (Å²) in [5, 5.41) is 0. The van der Waals surface area contributed by atoms with E-state index in [1.54, 1.807) is 0 Å². The van der Waals surface area contributed by atoms with E-state index in [-0.39, 0.29) is 0 Å². The molecule has 1 unspecified atom stereocenters. The zero-order valence-corrected chi connectivity index (χ0v) is 8.32. The van der Waals surface area contributed by atoms with Gasteiger partial charge in [-0.25, -0.2) is 0 Å². The van der Waals surface area contributed by atoms with Crippen LogP contribution in [0.1, 0.15) is 12.0 Å². The number of benzene rings is 1. The summed E-state index contributed by atoms with van der Waals surface area (Å²) in [7, 11) is 0. The lowest BCUT2D eigenvalue weighted by Gasteiger charge is -2.14. The second-order valence-corrected chi connectivity index (χ2v) is 4.03. The minimum Gasteiger partial charge on any atom is -0.399 e. The Morgan fingerprint density at radius 2 is 2.00 bits per heavy atom. The van der Waals surface area contributed by atoms with Crippen molar-refractivity contribution < 1.29 is 0 Å². The zero-order chi connectivity index (χ0) is 9.97. The second-order valence-electron chi connectivity index (χ2n) is 4.03. The molecule has 0 amide bonds. The van der Waals surface area contributed by atoms with Gasteiger partial charge in [0.05, 0.1) is 0 Å². The third-order valence-corrected chi connectivity index (χ3v) is 2.69. The van der Waals surface area contributed by atoms with Crippen LogP contribution in [-0.2, 0) is 6.54 Å². The van der Waals surface area contributed by atoms with Crippen molar-refractivity contribution in [1.82, 2.24) is 4.90 Å². The fourth-order valence-corrected chi connectivity index (χ4v) is 1.89. The molecule has 0 spiro atoms. The van der Waals surface area contributed by atoms with E-state index < -0.39 is 0 Å². The molecule has 14 heavy (non-hydrogen) atoms. The number of nitrogens with two attached hydrogens (primary N) is 2. The summed E-state index contributed by atoms with van der Waals surface area (Å²) in [5.41, 5.74) is 13.6. The van der Waals surface area contributed by atoms with Gasteiger partial charge in [0.1, 0.15) is 0 Å². The molecule has 3 heteroatoms. The molecule has 1 aromatic rings. The van der Waals surface area contributed by atoms with Crippen molar-refractivity contribution in [3.63, 3.8) is 0 Å². The van der Waals surface area contributed by atoms with Gasteiger partial charge in [-0.2, -0.15) is 0 Å². The fraction of sp³-hybridized carbons (Fsp3) is 0.455. The molecule has 1 aliphatic rings. The van der Waals surface area contributed by atoms with Crippen LogP contribution in [0.2, 0.25) is 0 Å². The predicted octanol–water partition coefficient (Wildman–Crippen LogP) is 0.802. The van der Waals surface area contributed by atoms with Crippen LogP contribution >= 0.6 is 0 Å². The first-order valence-corrected chi connectivity index (χ1v) is 5.06. The maximum absolute atomic E-state index is 5.84. The van der Waals surface area contributed by atoms with Crippen LogP contribution in [-0.4, -0.2) is 24.0 Å². The number of hydrogen-bond acceptors (Lipinski definition) is 3. The first-order valence-electron chi connectivity index (χ1n) is 5.06. The first-order chi connectivity index (χ1) is 6.74. The molecule has 4 N–H and O–H groups in total. The topological polar surface area (TPSA) is 55.3 Å². The van der Waals surface area contributed by atoms with Crippen LogP contribution in [0.5, 0.6) is 0 Å². The van der Waals surface area contributed by atoms with Gasteiger partial charge < -0.3 is 11.5 Å². The summed E-state index contributed by atoms with van der Waals surface area (Å²) in [6.07, 6.45) is 1.12. The van der Waals surface area contributed by atoms with Gasteiger partial charge in [0.25, 0.3) is 0 Å². The van der Waals surface area contributed by atoms with Gasteiger partial charge in [0.2, 0.25) is 0 Å². The molecule has 1 fully saturated rings. The lowest BCUT2D eigenvalue weighted by molar-refractivity contribution is 0.327. The average molecular weight is 191 g/mol. The van der Waals surface area contributed by atoms with Crippen molar-refractivity contribution in [2.24, 2.45) is 5.73 Å². The van der Waals surface area contributed by atoms with Gasteiger partial charge in [0.15, 0.2) is 0 Å². The molecule has 1 aromatic carbocycles. The Morgan fingerprint density at radius 1 is 1.29 bits per heavy atom. The third kappa shape index (κ3) is 2.25. The highest BCUT2D eigenvalue weighted by molar-refractivity contribution is 5.39. The van der Waals surface area contributed by atoms with Crippen LogP contribution in [0.3, 0.4) is 0 Å². The normalized spacial score (nSPS) is 22.8. The summed E-state index contributed by atoms with van der Waals surface area (Å²) in [6, 6.07) is 8.43. The number of rotatable bonds is 2. The van der Waals surface area contributed by atoms with Gasteiger partial charge in [-0.3, -0.25) is 4.90 Å². The third-order valence-electron chi connectivity index (χ3n) is 2.69. The molecule has 0 bridgehead atoms. The van der Waals surface area contributed by atoms with Crippen LogP contribution in [0.15, 0.2) is 24.3 Å². The molecular weight excluding hydrogens is 174 g/mol. The number of hydrogen-bond donors (Lipinski definition) is 2. The Morgan fingerprint density at radius 3 is 2.57 bits per heavy atom. The van der Waals surface area contributed by atoms with E-state index in [0.29, 0.717) is 6.04 Å². The highest BCUT2D eigenvalue weighted by Crippen LogP contribution is 2.13. The minimum absolute atomic E-state index is 0.365. The molecule has 2 rings (SSSR count). The van der Waals surface area contributed by atoms with E-state index in [4.69, 9.17) is 11.5 Å². The number of likely N-dealkylation sites (tertiary alicyclic amines) is 1. The quantitative estimate of drug-likeness (QED) is 0.680. The maximum atomic E-state index is 5.84. The molecule has 76 valence electrons. The van der Waals surface area contributed by atoms with E-state index in [0.717, 1.165) is 31.7 Å². The van der Waals surface area contributed by atoms with Crippen LogP contribution < -0.4 is 11.5 Å². The smallest absolute Gasteiger partial charge is 0.0314 e. The highest BCUT2D eigenvalue weighted by Gasteiger charge is 2.18. The summed E-state index contributed by atoms with van der Waals surface area (Å²) < 4.78 is 0. The van der Waals surface area contributed by atoms with Crippen LogP contribution in [0.25, 0.3) is 0 Å². The van der Waals surface area contributed by atoms with Crippen molar-refractivity contribution in [1.29, 1.82) is 0 Å². The number of nitrogens with zero attached hydrogens (tertiary/aromatic N) is 1. The van der Waals surface area contributed by atoms with Crippen LogP contribution in [0.4, 0.5) is 5.69 Å². The van der Waals surface area contributed by atoms with Gasteiger partial charge in [0, 0.05) is 31.4 Å². The van der Waals surface area contributed by atoms with Gasteiger partial charge in [-0.05, 0) is 24.1 Å².